The molecule has 0 aromatic heterocycles. The molecule has 0 heterocycles. The fraction of sp³-hybridized carbons (Fsp3) is 0.375. The molecule has 0 spiro atoms. The largest absolute Gasteiger partial charge is 0.495 e. The Morgan fingerprint density at radius 1 is 1.03 bits per heavy atom. The maximum Gasteiger partial charge on any atom is 0.307 e. The molecule has 1 atom stereocenters. The Labute approximate surface area is 177 Å². The number of carbonyl (C=O) groups is 3. The zero-order valence-electron chi connectivity index (χ0n) is 18.0. The third-order valence-electron chi connectivity index (χ3n) is 4.66. The average Bonchev–Trinajstić information content (AvgIpc) is 2.73. The topological polar surface area (TPSA) is 81.7 Å². The highest BCUT2D eigenvalue weighted by molar-refractivity contribution is 5.98. The van der Waals surface area contributed by atoms with Gasteiger partial charge in [0, 0.05) is 12.0 Å². The minimum absolute atomic E-state index is 0.0337. The lowest BCUT2D eigenvalue weighted by Crippen LogP contribution is -2.30. The SMILES string of the molecule is CCCc1ccc(C(=O)CCC(=O)O[C@H](C)C(=O)Nc2cc(C)ccc2OC)cc1. The molecule has 1 N–H and O–H groups in total. The lowest BCUT2D eigenvalue weighted by molar-refractivity contribution is -0.153. The fourth-order valence-electron chi connectivity index (χ4n) is 2.97. The first-order valence-corrected chi connectivity index (χ1v) is 10.1. The second-order valence-electron chi connectivity index (χ2n) is 7.20. The van der Waals surface area contributed by atoms with Crippen LogP contribution in [0.25, 0.3) is 0 Å². The minimum atomic E-state index is -0.994. The first-order valence-electron chi connectivity index (χ1n) is 10.1. The molecule has 2 aromatic rings. The number of rotatable bonds is 10. The van der Waals surface area contributed by atoms with Crippen LogP contribution < -0.4 is 10.1 Å². The molecule has 6 heteroatoms. The van der Waals surface area contributed by atoms with Crippen LogP contribution in [0.1, 0.15) is 54.6 Å². The molecular formula is C24H29NO5. The second kappa shape index (κ2) is 11.1. The van der Waals surface area contributed by atoms with Gasteiger partial charge in [-0.25, -0.2) is 0 Å². The Hall–Kier alpha value is -3.15. The van der Waals surface area contributed by atoms with Crippen LogP contribution in [-0.2, 0) is 20.7 Å². The number of amides is 1. The molecule has 0 radical (unpaired) electrons. The van der Waals surface area contributed by atoms with Gasteiger partial charge >= 0.3 is 5.97 Å². The van der Waals surface area contributed by atoms with Crippen molar-refractivity contribution in [1.29, 1.82) is 0 Å². The van der Waals surface area contributed by atoms with Crippen molar-refractivity contribution in [2.45, 2.75) is 52.6 Å². The molecule has 0 unspecified atom stereocenters. The molecular weight excluding hydrogens is 382 g/mol. The van der Waals surface area contributed by atoms with Crippen LogP contribution in [0.2, 0.25) is 0 Å². The van der Waals surface area contributed by atoms with Crippen LogP contribution in [0.3, 0.4) is 0 Å². The van der Waals surface area contributed by atoms with Crippen LogP contribution in [0.15, 0.2) is 42.5 Å². The van der Waals surface area contributed by atoms with Crippen LogP contribution in [-0.4, -0.2) is 30.9 Å². The molecule has 0 saturated carbocycles. The van der Waals surface area contributed by atoms with E-state index >= 15 is 0 Å². The van der Waals surface area contributed by atoms with E-state index in [0.29, 0.717) is 17.0 Å². The Balaban J connectivity index is 1.84. The number of esters is 1. The van der Waals surface area contributed by atoms with Gasteiger partial charge in [0.05, 0.1) is 19.2 Å². The highest BCUT2D eigenvalue weighted by Gasteiger charge is 2.20. The molecule has 0 aliphatic rings. The number of nitrogens with one attached hydrogen (secondary N) is 1. The van der Waals surface area contributed by atoms with Gasteiger partial charge in [-0.05, 0) is 43.5 Å². The van der Waals surface area contributed by atoms with Crippen LogP contribution in [0, 0.1) is 6.92 Å². The summed E-state index contributed by atoms with van der Waals surface area (Å²) in [6.45, 7) is 5.49. The van der Waals surface area contributed by atoms with E-state index in [2.05, 4.69) is 12.2 Å². The molecule has 0 aliphatic carbocycles. The predicted octanol–water partition coefficient (Wildman–Crippen LogP) is 4.49. The average molecular weight is 411 g/mol. The normalized spacial score (nSPS) is 11.5. The van der Waals surface area contributed by atoms with Crippen molar-refractivity contribution in [3.05, 3.63) is 59.2 Å². The molecule has 0 bridgehead atoms. The Bertz CT molecular complexity index is 889. The minimum Gasteiger partial charge on any atom is -0.495 e. The lowest BCUT2D eigenvalue weighted by atomic mass is 10.0. The second-order valence-corrected chi connectivity index (χ2v) is 7.20. The number of anilines is 1. The van der Waals surface area contributed by atoms with Crippen molar-refractivity contribution in [3.8, 4) is 5.75 Å². The third-order valence-corrected chi connectivity index (χ3v) is 4.66. The van der Waals surface area contributed by atoms with Gasteiger partial charge in [0.25, 0.3) is 5.91 Å². The summed E-state index contributed by atoms with van der Waals surface area (Å²) in [5, 5.41) is 2.71. The maximum atomic E-state index is 12.4. The number of ketones is 1. The van der Waals surface area contributed by atoms with E-state index in [0.717, 1.165) is 18.4 Å². The van der Waals surface area contributed by atoms with Gasteiger partial charge in [-0.2, -0.15) is 0 Å². The van der Waals surface area contributed by atoms with E-state index in [1.54, 1.807) is 24.3 Å². The standard InChI is InChI=1S/C24H29NO5/c1-5-6-18-8-10-19(11-9-18)21(26)12-14-23(27)30-17(3)24(28)25-20-15-16(2)7-13-22(20)29-4/h7-11,13,15,17H,5-6,12,14H2,1-4H3,(H,25,28)/t17-/m1/s1. The zero-order chi connectivity index (χ0) is 22.1. The molecule has 160 valence electrons. The van der Waals surface area contributed by atoms with Gasteiger partial charge in [-0.3, -0.25) is 14.4 Å². The summed E-state index contributed by atoms with van der Waals surface area (Å²) in [6.07, 6.45) is 0.968. The Kier molecular flexibility index (Phi) is 8.59. The first-order chi connectivity index (χ1) is 14.3. The summed E-state index contributed by atoms with van der Waals surface area (Å²) in [5.74, 6) is -0.672. The highest BCUT2D eigenvalue weighted by Crippen LogP contribution is 2.25. The van der Waals surface area contributed by atoms with Crippen LogP contribution >= 0.6 is 0 Å². The summed E-state index contributed by atoms with van der Waals surface area (Å²) in [7, 11) is 1.51. The van der Waals surface area contributed by atoms with Crippen LogP contribution in [0.5, 0.6) is 5.75 Å². The van der Waals surface area contributed by atoms with Crippen molar-refractivity contribution >= 4 is 23.3 Å². The van der Waals surface area contributed by atoms with Crippen molar-refractivity contribution in [2.24, 2.45) is 0 Å². The van der Waals surface area contributed by atoms with E-state index in [9.17, 15) is 14.4 Å². The van der Waals surface area contributed by atoms with Crippen molar-refractivity contribution in [1.82, 2.24) is 0 Å². The molecule has 1 amide bonds. The molecule has 0 saturated heterocycles. The number of hydrogen-bond donors (Lipinski definition) is 1. The number of benzene rings is 2. The fourth-order valence-corrected chi connectivity index (χ4v) is 2.97. The predicted molar refractivity (Wildman–Crippen MR) is 116 cm³/mol. The van der Waals surface area contributed by atoms with Gasteiger partial charge < -0.3 is 14.8 Å². The monoisotopic (exact) mass is 411 g/mol. The number of aryl methyl sites for hydroxylation is 2. The van der Waals surface area contributed by atoms with E-state index < -0.39 is 18.0 Å². The van der Waals surface area contributed by atoms with Gasteiger partial charge in [-0.1, -0.05) is 43.7 Å². The summed E-state index contributed by atoms with van der Waals surface area (Å²) < 4.78 is 10.4. The summed E-state index contributed by atoms with van der Waals surface area (Å²) >= 11 is 0. The molecule has 6 nitrogen and oxygen atoms in total. The number of carbonyl (C=O) groups excluding carboxylic acids is 3. The maximum absolute atomic E-state index is 12.4. The third kappa shape index (κ3) is 6.72. The zero-order valence-corrected chi connectivity index (χ0v) is 18.0. The van der Waals surface area contributed by atoms with Crippen LogP contribution in [0.4, 0.5) is 5.69 Å². The molecule has 2 aromatic carbocycles. The number of Topliss-reactive ketones (excluding diaryl/α,β-unsaturated/α-hetero) is 1. The molecule has 2 rings (SSSR count). The highest BCUT2D eigenvalue weighted by atomic mass is 16.5. The number of hydrogen-bond acceptors (Lipinski definition) is 5. The quantitative estimate of drug-likeness (QED) is 0.460. The van der Waals surface area contributed by atoms with E-state index in [1.807, 2.05) is 25.1 Å². The molecule has 0 fully saturated rings. The van der Waals surface area contributed by atoms with E-state index in [1.165, 1.54) is 19.6 Å². The van der Waals surface area contributed by atoms with Crippen molar-refractivity contribution in [3.63, 3.8) is 0 Å². The van der Waals surface area contributed by atoms with Gasteiger partial charge in [0.15, 0.2) is 11.9 Å². The Morgan fingerprint density at radius 3 is 2.37 bits per heavy atom. The summed E-state index contributed by atoms with van der Waals surface area (Å²) in [6, 6.07) is 12.8. The number of methoxy groups -OCH3 is 1. The van der Waals surface area contributed by atoms with Crippen molar-refractivity contribution < 1.29 is 23.9 Å². The van der Waals surface area contributed by atoms with Gasteiger partial charge in [0.2, 0.25) is 0 Å². The van der Waals surface area contributed by atoms with Gasteiger partial charge in [-0.15, -0.1) is 0 Å². The van der Waals surface area contributed by atoms with E-state index in [4.69, 9.17) is 9.47 Å². The van der Waals surface area contributed by atoms with E-state index in [-0.39, 0.29) is 18.6 Å². The molecule has 30 heavy (non-hydrogen) atoms. The first kappa shape index (κ1) is 23.1. The number of ether oxygens (including phenoxy) is 2. The molecule has 0 aliphatic heterocycles. The summed E-state index contributed by atoms with van der Waals surface area (Å²) in [5.41, 5.74) is 3.21. The lowest BCUT2D eigenvalue weighted by Gasteiger charge is -2.15. The van der Waals surface area contributed by atoms with Gasteiger partial charge in [0.1, 0.15) is 5.75 Å². The van der Waals surface area contributed by atoms with Crippen molar-refractivity contribution in [2.75, 3.05) is 12.4 Å². The summed E-state index contributed by atoms with van der Waals surface area (Å²) in [4.78, 5) is 36.7. The Morgan fingerprint density at radius 2 is 1.73 bits per heavy atom. The smallest absolute Gasteiger partial charge is 0.307 e.